The number of hydrogen-bond acceptors (Lipinski definition) is 12. The third kappa shape index (κ3) is 9.41. The first-order valence-corrected chi connectivity index (χ1v) is 21.3. The highest BCUT2D eigenvalue weighted by molar-refractivity contribution is 5.57. The van der Waals surface area contributed by atoms with Crippen molar-refractivity contribution in [3.8, 4) is 11.4 Å². The molecule has 0 saturated carbocycles. The van der Waals surface area contributed by atoms with Gasteiger partial charge in [-0.05, 0) is 125 Å². The summed E-state index contributed by atoms with van der Waals surface area (Å²) in [5, 5.41) is 44.8. The van der Waals surface area contributed by atoms with Crippen LogP contribution in [0.25, 0.3) is 11.4 Å². The summed E-state index contributed by atoms with van der Waals surface area (Å²) in [4.78, 5) is 17.4. The lowest BCUT2D eigenvalue weighted by molar-refractivity contribution is 0.0379. The van der Waals surface area contributed by atoms with Crippen LogP contribution in [-0.2, 0) is 13.1 Å². The fourth-order valence-electron chi connectivity index (χ4n) is 8.39. The summed E-state index contributed by atoms with van der Waals surface area (Å²) in [6, 6.07) is 21.8. The molecule has 0 aliphatic carbocycles. The summed E-state index contributed by atoms with van der Waals surface area (Å²) in [5.74, 6) is 1.03. The van der Waals surface area contributed by atoms with Gasteiger partial charge in [-0.3, -0.25) is 0 Å². The van der Waals surface area contributed by atoms with E-state index in [1.165, 1.54) is 58.4 Å². The number of hydrogen-bond donors (Lipinski definition) is 4. The largest absolute Gasteiger partial charge is 0.390 e. The molecule has 2 aliphatic heterocycles. The van der Waals surface area contributed by atoms with Crippen LogP contribution in [0.4, 0.5) is 40.8 Å². The molecule has 0 bridgehead atoms. The average molecular weight is 903 g/mol. The first-order valence-electron chi connectivity index (χ1n) is 21.3. The van der Waals surface area contributed by atoms with Gasteiger partial charge in [-0.25, -0.2) is 46.3 Å². The van der Waals surface area contributed by atoms with E-state index in [9.17, 15) is 27.8 Å². The Kier molecular flexibility index (Phi) is 11.7. The molecule has 4 aromatic carbocycles. The maximum atomic E-state index is 14.7. The first kappa shape index (κ1) is 43.9. The number of nitrogens with zero attached hydrogens (tertiary/aromatic N) is 12. The molecule has 340 valence electrons. The lowest BCUT2D eigenvalue weighted by atomic mass is 9.86. The molecule has 16 nitrogen and oxygen atoms in total. The standard InChI is InChI=1S/2C23H23F2N7O/c2*1-14-26-13-27-32(14)20-8-7-17(11-19(20)25)28-22-29-21-18(15-3-5-16(24)6-4-15)12-23(2,33)9-10-31(21)30-22/h2*3-8,11,13,18,33H,9-10,12H2,1-2H3,(H,28,30)/t18-,23+;18-,23-/m11/s1. The average Bonchev–Trinajstić information content (AvgIpc) is 4.07. The first-order chi connectivity index (χ1) is 31.6. The predicted molar refractivity (Wildman–Crippen MR) is 235 cm³/mol. The Bertz CT molecular complexity index is 2790. The van der Waals surface area contributed by atoms with E-state index in [1.807, 2.05) is 0 Å². The molecule has 0 amide bonds. The van der Waals surface area contributed by atoms with E-state index in [1.54, 1.807) is 85.6 Å². The predicted octanol–water partition coefficient (Wildman–Crippen LogP) is 7.73. The van der Waals surface area contributed by atoms with Crippen LogP contribution < -0.4 is 10.6 Å². The highest BCUT2D eigenvalue weighted by atomic mass is 19.1. The summed E-state index contributed by atoms with van der Waals surface area (Å²) < 4.78 is 62.8. The fraction of sp³-hybridized carbons (Fsp3) is 0.304. The van der Waals surface area contributed by atoms with Crippen LogP contribution in [0, 0.1) is 37.1 Å². The summed E-state index contributed by atoms with van der Waals surface area (Å²) >= 11 is 0. The molecule has 2 aliphatic rings. The molecular formula is C46H46F4N14O2. The third-order valence-corrected chi connectivity index (χ3v) is 11.9. The topological polar surface area (TPSA) is 187 Å². The summed E-state index contributed by atoms with van der Waals surface area (Å²) in [5.41, 5.74) is 1.43. The summed E-state index contributed by atoms with van der Waals surface area (Å²) in [6.07, 6.45) is 4.60. The van der Waals surface area contributed by atoms with Gasteiger partial charge in [0.15, 0.2) is 11.6 Å². The second kappa shape index (κ2) is 17.6. The van der Waals surface area contributed by atoms with Crippen LogP contribution >= 0.6 is 0 Å². The van der Waals surface area contributed by atoms with E-state index in [0.717, 1.165) is 11.1 Å². The molecule has 8 aromatic rings. The van der Waals surface area contributed by atoms with Crippen molar-refractivity contribution in [2.75, 3.05) is 10.6 Å². The smallest absolute Gasteiger partial charge is 0.246 e. The zero-order valence-corrected chi connectivity index (χ0v) is 36.4. The minimum Gasteiger partial charge on any atom is -0.390 e. The molecular weight excluding hydrogens is 857 g/mol. The van der Waals surface area contributed by atoms with E-state index in [4.69, 9.17) is 0 Å². The van der Waals surface area contributed by atoms with E-state index < -0.39 is 22.8 Å². The second-order valence-corrected chi connectivity index (χ2v) is 17.2. The van der Waals surface area contributed by atoms with Gasteiger partial charge in [0.2, 0.25) is 11.9 Å². The molecule has 0 unspecified atom stereocenters. The highest BCUT2D eigenvalue weighted by Gasteiger charge is 2.36. The monoisotopic (exact) mass is 902 g/mol. The Labute approximate surface area is 376 Å². The molecule has 0 fully saturated rings. The Morgan fingerprint density at radius 1 is 0.576 bits per heavy atom. The van der Waals surface area contributed by atoms with Gasteiger partial charge in [0.25, 0.3) is 0 Å². The van der Waals surface area contributed by atoms with Crippen molar-refractivity contribution in [1.82, 2.24) is 59.1 Å². The summed E-state index contributed by atoms with van der Waals surface area (Å²) in [6.45, 7) is 8.03. The van der Waals surface area contributed by atoms with Crippen molar-refractivity contribution >= 4 is 23.3 Å². The molecule has 0 radical (unpaired) electrons. The van der Waals surface area contributed by atoms with Crippen LogP contribution in [0.2, 0.25) is 0 Å². The number of rotatable bonds is 8. The Morgan fingerprint density at radius 3 is 1.32 bits per heavy atom. The SMILES string of the molecule is Cc1ncnn1-c1ccc(Nc2nc3n(n2)CC[C@@](C)(O)C[C@@H]3c2ccc(F)cc2)cc1F.Cc1ncnn1-c1ccc(Nc2nc3n(n2)CC[C@](C)(O)C[C@@H]3c2ccc(F)cc2)cc1F. The lowest BCUT2D eigenvalue weighted by Crippen LogP contribution is -2.26. The van der Waals surface area contributed by atoms with Gasteiger partial charge in [-0.1, -0.05) is 24.3 Å². The number of nitrogens with one attached hydrogen (secondary N) is 2. The zero-order chi connectivity index (χ0) is 46.3. The van der Waals surface area contributed by atoms with E-state index in [2.05, 4.69) is 51.0 Å². The van der Waals surface area contributed by atoms with Crippen molar-refractivity contribution in [2.45, 2.75) is 89.5 Å². The Hall–Kier alpha value is -7.32. The number of anilines is 4. The molecule has 66 heavy (non-hydrogen) atoms. The third-order valence-electron chi connectivity index (χ3n) is 11.9. The van der Waals surface area contributed by atoms with Crippen molar-refractivity contribution in [2.24, 2.45) is 0 Å². The molecule has 10 rings (SSSR count). The van der Waals surface area contributed by atoms with Crippen LogP contribution in [0.15, 0.2) is 97.6 Å². The van der Waals surface area contributed by atoms with Gasteiger partial charge in [0, 0.05) is 36.3 Å². The van der Waals surface area contributed by atoms with Crippen LogP contribution in [0.1, 0.15) is 85.8 Å². The van der Waals surface area contributed by atoms with Crippen molar-refractivity contribution in [3.63, 3.8) is 0 Å². The van der Waals surface area contributed by atoms with Crippen molar-refractivity contribution in [1.29, 1.82) is 0 Å². The maximum absolute atomic E-state index is 14.7. The molecule has 4 aromatic heterocycles. The minimum atomic E-state index is -0.909. The van der Waals surface area contributed by atoms with Gasteiger partial charge in [0.1, 0.15) is 59.0 Å². The Balaban J connectivity index is 0.000000166. The number of benzene rings is 4. The number of aromatic nitrogens is 12. The van der Waals surface area contributed by atoms with Gasteiger partial charge in [0.05, 0.1) is 11.2 Å². The van der Waals surface area contributed by atoms with E-state index in [-0.39, 0.29) is 23.5 Å². The maximum Gasteiger partial charge on any atom is 0.246 e. The quantitative estimate of drug-likeness (QED) is 0.109. The van der Waals surface area contributed by atoms with Gasteiger partial charge >= 0.3 is 0 Å². The minimum absolute atomic E-state index is 0.263. The molecule has 0 spiro atoms. The number of aryl methyl sites for hydroxylation is 4. The lowest BCUT2D eigenvalue weighted by Gasteiger charge is -2.24. The van der Waals surface area contributed by atoms with Crippen LogP contribution in [0.3, 0.4) is 0 Å². The van der Waals surface area contributed by atoms with Crippen LogP contribution in [0.5, 0.6) is 0 Å². The van der Waals surface area contributed by atoms with Gasteiger partial charge in [-0.15, -0.1) is 10.2 Å². The zero-order valence-electron chi connectivity index (χ0n) is 36.4. The van der Waals surface area contributed by atoms with Crippen LogP contribution in [-0.4, -0.2) is 80.5 Å². The molecule has 6 heterocycles. The second-order valence-electron chi connectivity index (χ2n) is 17.2. The number of aliphatic hydroxyl groups is 2. The molecule has 4 atom stereocenters. The fourth-order valence-corrected chi connectivity index (χ4v) is 8.39. The number of fused-ring (bicyclic) bond motifs is 2. The molecule has 20 heteroatoms. The van der Waals surface area contributed by atoms with E-state index >= 15 is 0 Å². The van der Waals surface area contributed by atoms with Gasteiger partial charge < -0.3 is 20.8 Å². The summed E-state index contributed by atoms with van der Waals surface area (Å²) in [7, 11) is 0. The molecule has 4 N–H and O–H groups in total. The van der Waals surface area contributed by atoms with Crippen molar-refractivity contribution < 1.29 is 27.8 Å². The van der Waals surface area contributed by atoms with Gasteiger partial charge in [-0.2, -0.15) is 20.2 Å². The van der Waals surface area contributed by atoms with Crippen molar-refractivity contribution in [3.05, 3.63) is 155 Å². The normalized spacial score (nSPS) is 20.3. The molecule has 0 saturated heterocycles. The number of halogens is 4. The Morgan fingerprint density at radius 2 is 0.970 bits per heavy atom. The van der Waals surface area contributed by atoms with E-state index in [0.29, 0.717) is 96.7 Å². The highest BCUT2D eigenvalue weighted by Crippen LogP contribution is 2.39.